The number of rotatable bonds is 4. The Morgan fingerprint density at radius 2 is 2.21 bits per heavy atom. The van der Waals surface area contributed by atoms with Gasteiger partial charge in [0.1, 0.15) is 0 Å². The van der Waals surface area contributed by atoms with E-state index in [-0.39, 0.29) is 6.04 Å². The topological polar surface area (TPSA) is 43.8 Å². The second kappa shape index (κ2) is 6.71. The first-order chi connectivity index (χ1) is 9.15. The number of halogens is 1. The molecule has 0 saturated heterocycles. The van der Waals surface area contributed by atoms with E-state index in [1.807, 2.05) is 0 Å². The van der Waals surface area contributed by atoms with E-state index < -0.39 is 0 Å². The van der Waals surface area contributed by atoms with Gasteiger partial charge in [-0.05, 0) is 48.5 Å². The van der Waals surface area contributed by atoms with E-state index in [1.165, 1.54) is 35.0 Å². The van der Waals surface area contributed by atoms with Crippen molar-refractivity contribution in [3.8, 4) is 0 Å². The van der Waals surface area contributed by atoms with E-state index in [0.717, 1.165) is 31.5 Å². The maximum Gasteiger partial charge on any atom is 0.0766 e. The summed E-state index contributed by atoms with van der Waals surface area (Å²) in [7, 11) is 0. The fourth-order valence-corrected chi connectivity index (χ4v) is 3.45. The highest BCUT2D eigenvalue weighted by Crippen LogP contribution is 2.27. The number of allylic oxidation sites excluding steroid dienone is 1. The molecule has 1 atom stereocenters. The second-order valence-corrected chi connectivity index (χ2v) is 6.08. The molecule has 0 spiro atoms. The Morgan fingerprint density at radius 3 is 2.89 bits per heavy atom. The van der Waals surface area contributed by atoms with Crippen molar-refractivity contribution in [3.63, 3.8) is 0 Å². The molecule has 0 saturated carbocycles. The summed E-state index contributed by atoms with van der Waals surface area (Å²) in [5.41, 5.74) is 10.1. The molecule has 0 aromatic carbocycles. The van der Waals surface area contributed by atoms with Crippen LogP contribution in [0.25, 0.3) is 0 Å². The molecule has 106 valence electrons. The number of nitrogens with two attached hydrogens (primary N) is 1. The Labute approximate surface area is 124 Å². The van der Waals surface area contributed by atoms with Crippen LogP contribution in [0.1, 0.15) is 50.9 Å². The molecule has 1 unspecified atom stereocenters. The number of aromatic nitrogens is 2. The number of hydrogen-bond donors (Lipinski definition) is 1. The van der Waals surface area contributed by atoms with Crippen LogP contribution in [0.3, 0.4) is 0 Å². The smallest absolute Gasteiger partial charge is 0.0766 e. The third kappa shape index (κ3) is 3.48. The van der Waals surface area contributed by atoms with Crippen molar-refractivity contribution in [1.82, 2.24) is 9.78 Å². The number of hydrogen-bond acceptors (Lipinski definition) is 2. The highest BCUT2D eigenvalue weighted by Gasteiger charge is 2.16. The lowest BCUT2D eigenvalue weighted by atomic mass is 10.0. The fourth-order valence-electron chi connectivity index (χ4n) is 2.75. The zero-order valence-corrected chi connectivity index (χ0v) is 13.5. The zero-order valence-electron chi connectivity index (χ0n) is 12.0. The van der Waals surface area contributed by atoms with E-state index >= 15 is 0 Å². The SMILES string of the molecule is CCc1nn(CC)c(CC2=CC(N)CCCC2)c1Br. The minimum absolute atomic E-state index is 0.236. The summed E-state index contributed by atoms with van der Waals surface area (Å²) in [6.07, 6.45) is 9.04. The first kappa shape index (κ1) is 14.8. The molecule has 0 fully saturated rings. The lowest BCUT2D eigenvalue weighted by Crippen LogP contribution is -2.16. The van der Waals surface area contributed by atoms with Crippen molar-refractivity contribution in [2.75, 3.05) is 0 Å². The van der Waals surface area contributed by atoms with Crippen molar-refractivity contribution in [2.45, 2.75) is 65.0 Å². The van der Waals surface area contributed by atoms with Gasteiger partial charge in [0.25, 0.3) is 0 Å². The predicted molar refractivity (Wildman–Crippen MR) is 83.2 cm³/mol. The van der Waals surface area contributed by atoms with E-state index in [1.54, 1.807) is 0 Å². The van der Waals surface area contributed by atoms with Gasteiger partial charge in [0, 0.05) is 19.0 Å². The largest absolute Gasteiger partial charge is 0.324 e. The van der Waals surface area contributed by atoms with Crippen molar-refractivity contribution in [2.24, 2.45) is 5.73 Å². The Bertz CT molecular complexity index is 462. The van der Waals surface area contributed by atoms with Gasteiger partial charge in [-0.2, -0.15) is 5.10 Å². The Kier molecular flexibility index (Phi) is 5.22. The highest BCUT2D eigenvalue weighted by molar-refractivity contribution is 9.10. The molecule has 0 amide bonds. The predicted octanol–water partition coefficient (Wildman–Crippen LogP) is 3.60. The molecule has 4 heteroatoms. The minimum atomic E-state index is 0.236. The average Bonchev–Trinajstić information content (AvgIpc) is 2.57. The lowest BCUT2D eigenvalue weighted by Gasteiger charge is -2.09. The Balaban J connectivity index is 2.24. The van der Waals surface area contributed by atoms with Crippen LogP contribution in [0, 0.1) is 0 Å². The standard InChI is InChI=1S/C15H24BrN3/c1-3-13-15(16)14(19(4-2)18-13)10-11-7-5-6-8-12(17)9-11/h9,12H,3-8,10,17H2,1-2H3. The quantitative estimate of drug-likeness (QED) is 0.859. The van der Waals surface area contributed by atoms with Gasteiger partial charge < -0.3 is 5.73 Å². The molecule has 1 aromatic heterocycles. The minimum Gasteiger partial charge on any atom is -0.324 e. The van der Waals surface area contributed by atoms with Crippen LogP contribution in [-0.2, 0) is 19.4 Å². The summed E-state index contributed by atoms with van der Waals surface area (Å²) in [6, 6.07) is 0.236. The van der Waals surface area contributed by atoms with Gasteiger partial charge in [-0.1, -0.05) is 25.0 Å². The van der Waals surface area contributed by atoms with Crippen molar-refractivity contribution < 1.29 is 0 Å². The summed E-state index contributed by atoms with van der Waals surface area (Å²) in [5.74, 6) is 0. The van der Waals surface area contributed by atoms with E-state index in [9.17, 15) is 0 Å². The van der Waals surface area contributed by atoms with E-state index in [2.05, 4.69) is 45.6 Å². The molecule has 1 aliphatic rings. The molecular formula is C15H24BrN3. The number of nitrogens with zero attached hydrogens (tertiary/aromatic N) is 2. The van der Waals surface area contributed by atoms with Crippen LogP contribution in [0.4, 0.5) is 0 Å². The Hall–Kier alpha value is -0.610. The third-order valence-corrected chi connectivity index (χ3v) is 4.74. The van der Waals surface area contributed by atoms with Crippen LogP contribution in [0.2, 0.25) is 0 Å². The second-order valence-electron chi connectivity index (χ2n) is 5.29. The molecule has 0 bridgehead atoms. The molecule has 1 aliphatic carbocycles. The van der Waals surface area contributed by atoms with Crippen molar-refractivity contribution in [3.05, 3.63) is 27.5 Å². The van der Waals surface area contributed by atoms with Gasteiger partial charge in [0.2, 0.25) is 0 Å². The lowest BCUT2D eigenvalue weighted by molar-refractivity contribution is 0.615. The van der Waals surface area contributed by atoms with Gasteiger partial charge in [-0.3, -0.25) is 4.68 Å². The molecule has 0 radical (unpaired) electrons. The van der Waals surface area contributed by atoms with Crippen LogP contribution < -0.4 is 5.73 Å². The highest BCUT2D eigenvalue weighted by atomic mass is 79.9. The number of aryl methyl sites for hydroxylation is 2. The van der Waals surface area contributed by atoms with Crippen LogP contribution in [0.5, 0.6) is 0 Å². The van der Waals surface area contributed by atoms with E-state index in [0.29, 0.717) is 0 Å². The fraction of sp³-hybridized carbons (Fsp3) is 0.667. The summed E-state index contributed by atoms with van der Waals surface area (Å²) >= 11 is 3.72. The summed E-state index contributed by atoms with van der Waals surface area (Å²) in [4.78, 5) is 0. The van der Waals surface area contributed by atoms with Crippen LogP contribution in [0.15, 0.2) is 16.1 Å². The van der Waals surface area contributed by atoms with E-state index in [4.69, 9.17) is 5.73 Å². The van der Waals surface area contributed by atoms with Crippen molar-refractivity contribution >= 4 is 15.9 Å². The molecule has 3 nitrogen and oxygen atoms in total. The first-order valence-electron chi connectivity index (χ1n) is 7.34. The van der Waals surface area contributed by atoms with Gasteiger partial charge in [0.05, 0.1) is 15.9 Å². The van der Waals surface area contributed by atoms with Crippen LogP contribution in [-0.4, -0.2) is 15.8 Å². The molecule has 1 heterocycles. The molecule has 2 N–H and O–H groups in total. The summed E-state index contributed by atoms with van der Waals surface area (Å²) in [5, 5.41) is 4.67. The van der Waals surface area contributed by atoms with Gasteiger partial charge in [-0.15, -0.1) is 0 Å². The molecule has 0 aliphatic heterocycles. The maximum atomic E-state index is 6.11. The molecule has 19 heavy (non-hydrogen) atoms. The monoisotopic (exact) mass is 325 g/mol. The normalized spacial score (nSPS) is 20.2. The van der Waals surface area contributed by atoms with Crippen molar-refractivity contribution in [1.29, 1.82) is 0 Å². The van der Waals surface area contributed by atoms with Gasteiger partial charge >= 0.3 is 0 Å². The van der Waals surface area contributed by atoms with Crippen LogP contribution >= 0.6 is 15.9 Å². The average molecular weight is 326 g/mol. The third-order valence-electron chi connectivity index (χ3n) is 3.82. The van der Waals surface area contributed by atoms with Gasteiger partial charge in [-0.25, -0.2) is 0 Å². The maximum absolute atomic E-state index is 6.11. The Morgan fingerprint density at radius 1 is 1.42 bits per heavy atom. The molecule has 1 aromatic rings. The first-order valence-corrected chi connectivity index (χ1v) is 8.14. The summed E-state index contributed by atoms with van der Waals surface area (Å²) in [6.45, 7) is 5.22. The molecule has 2 rings (SSSR count). The molecular weight excluding hydrogens is 302 g/mol. The zero-order chi connectivity index (χ0) is 13.8. The summed E-state index contributed by atoms with van der Waals surface area (Å²) < 4.78 is 3.32. The van der Waals surface area contributed by atoms with Gasteiger partial charge in [0.15, 0.2) is 0 Å².